The van der Waals surface area contributed by atoms with Gasteiger partial charge in [-0.15, -0.1) is 0 Å². The minimum Gasteiger partial charge on any atom is -0.434 e. The van der Waals surface area contributed by atoms with Gasteiger partial charge in [0.05, 0.1) is 12.6 Å². The Balaban J connectivity index is 1.89. The third-order valence-corrected chi connectivity index (χ3v) is 4.03. The molecule has 5 heteroatoms. The Kier molecular flexibility index (Phi) is 5.23. The summed E-state index contributed by atoms with van der Waals surface area (Å²) < 4.78 is 24.3. The molecule has 0 saturated carbocycles. The van der Waals surface area contributed by atoms with Crippen LogP contribution in [0.5, 0.6) is 0 Å². The quantitative estimate of drug-likeness (QED) is 0.807. The van der Waals surface area contributed by atoms with E-state index in [0.29, 0.717) is 19.7 Å². The molecule has 0 amide bonds. The van der Waals surface area contributed by atoms with Gasteiger partial charge in [-0.3, -0.25) is 9.69 Å². The lowest BCUT2D eigenvalue weighted by atomic mass is 10.0. The van der Waals surface area contributed by atoms with E-state index in [1.165, 1.54) is 19.1 Å². The minimum atomic E-state index is -0.703. The molecule has 0 N–H and O–H groups in total. The summed E-state index contributed by atoms with van der Waals surface area (Å²) in [6, 6.07) is 16.0. The van der Waals surface area contributed by atoms with Crippen LogP contribution in [-0.4, -0.2) is 30.3 Å². The molecule has 2 aromatic carbocycles. The number of rotatable bonds is 4. The summed E-state index contributed by atoms with van der Waals surface area (Å²) in [5.74, 6) is -0.692. The van der Waals surface area contributed by atoms with Gasteiger partial charge in [-0.1, -0.05) is 42.5 Å². The maximum absolute atomic E-state index is 13.3. The average Bonchev–Trinajstić information content (AvgIpc) is 2.57. The normalized spacial score (nSPS) is 21.4. The van der Waals surface area contributed by atoms with Gasteiger partial charge in [0.2, 0.25) is 6.29 Å². The third kappa shape index (κ3) is 3.99. The van der Waals surface area contributed by atoms with Gasteiger partial charge < -0.3 is 9.47 Å². The van der Waals surface area contributed by atoms with Crippen LogP contribution in [0.2, 0.25) is 0 Å². The van der Waals surface area contributed by atoms with Crippen molar-refractivity contribution in [2.75, 3.05) is 13.2 Å². The van der Waals surface area contributed by atoms with E-state index in [1.54, 1.807) is 12.1 Å². The lowest BCUT2D eigenvalue weighted by Crippen LogP contribution is -2.46. The first-order valence-corrected chi connectivity index (χ1v) is 7.96. The number of halogens is 1. The molecule has 0 aliphatic carbocycles. The van der Waals surface area contributed by atoms with Crippen LogP contribution in [-0.2, 0) is 20.8 Å². The highest BCUT2D eigenvalue weighted by Gasteiger charge is 2.35. The van der Waals surface area contributed by atoms with E-state index in [9.17, 15) is 9.18 Å². The van der Waals surface area contributed by atoms with Crippen molar-refractivity contribution >= 4 is 5.97 Å². The molecule has 1 heterocycles. The van der Waals surface area contributed by atoms with Gasteiger partial charge in [0.1, 0.15) is 5.82 Å². The number of carbonyl (C=O) groups excluding carboxylic acids is 1. The topological polar surface area (TPSA) is 38.8 Å². The number of carbonyl (C=O) groups is 1. The van der Waals surface area contributed by atoms with Crippen molar-refractivity contribution in [1.82, 2.24) is 4.90 Å². The predicted octanol–water partition coefficient (Wildman–Crippen LogP) is 3.29. The Morgan fingerprint density at radius 1 is 1.21 bits per heavy atom. The number of hydrogen-bond acceptors (Lipinski definition) is 4. The summed E-state index contributed by atoms with van der Waals surface area (Å²) in [7, 11) is 0. The van der Waals surface area contributed by atoms with Crippen LogP contribution in [0.15, 0.2) is 54.6 Å². The van der Waals surface area contributed by atoms with Gasteiger partial charge in [0, 0.05) is 20.0 Å². The second-order valence-corrected chi connectivity index (χ2v) is 5.80. The molecule has 1 fully saturated rings. The highest BCUT2D eigenvalue weighted by atomic mass is 19.1. The van der Waals surface area contributed by atoms with E-state index in [2.05, 4.69) is 17.0 Å². The molecular weight excluding hydrogens is 309 g/mol. The Hall–Kier alpha value is -2.24. The molecule has 0 bridgehead atoms. The van der Waals surface area contributed by atoms with Crippen LogP contribution in [0.4, 0.5) is 4.39 Å². The number of morpholine rings is 1. The van der Waals surface area contributed by atoms with Crippen LogP contribution in [0.25, 0.3) is 0 Å². The number of ether oxygens (including phenoxy) is 2. The van der Waals surface area contributed by atoms with E-state index in [-0.39, 0.29) is 11.9 Å². The van der Waals surface area contributed by atoms with Crippen molar-refractivity contribution in [3.8, 4) is 0 Å². The maximum atomic E-state index is 13.3. The zero-order valence-corrected chi connectivity index (χ0v) is 13.5. The summed E-state index contributed by atoms with van der Waals surface area (Å²) in [4.78, 5) is 13.6. The SMILES string of the molecule is CC(=O)OC1OCCN(Cc2ccccc2)C1c1ccc(F)cc1. The molecule has 0 radical (unpaired) electrons. The van der Waals surface area contributed by atoms with Gasteiger partial charge in [0.15, 0.2) is 0 Å². The lowest BCUT2D eigenvalue weighted by molar-refractivity contribution is -0.213. The summed E-state index contributed by atoms with van der Waals surface area (Å²) in [6.45, 7) is 3.24. The Bertz CT molecular complexity index is 675. The molecule has 1 saturated heterocycles. The molecule has 126 valence electrons. The van der Waals surface area contributed by atoms with E-state index < -0.39 is 12.3 Å². The fraction of sp³-hybridized carbons (Fsp3) is 0.316. The van der Waals surface area contributed by atoms with Crippen molar-refractivity contribution in [1.29, 1.82) is 0 Å². The van der Waals surface area contributed by atoms with E-state index in [4.69, 9.17) is 9.47 Å². The molecule has 2 unspecified atom stereocenters. The zero-order chi connectivity index (χ0) is 16.9. The lowest BCUT2D eigenvalue weighted by Gasteiger charge is -2.40. The largest absolute Gasteiger partial charge is 0.434 e. The van der Waals surface area contributed by atoms with Crippen molar-refractivity contribution < 1.29 is 18.7 Å². The number of hydrogen-bond donors (Lipinski definition) is 0. The zero-order valence-electron chi connectivity index (χ0n) is 13.5. The molecule has 4 nitrogen and oxygen atoms in total. The number of nitrogens with zero attached hydrogens (tertiary/aromatic N) is 1. The van der Waals surface area contributed by atoms with E-state index in [0.717, 1.165) is 11.1 Å². The van der Waals surface area contributed by atoms with Crippen molar-refractivity contribution in [2.45, 2.75) is 25.8 Å². The third-order valence-electron chi connectivity index (χ3n) is 4.03. The van der Waals surface area contributed by atoms with E-state index in [1.807, 2.05) is 18.2 Å². The highest BCUT2D eigenvalue weighted by molar-refractivity contribution is 5.66. The monoisotopic (exact) mass is 329 g/mol. The molecule has 3 rings (SSSR count). The molecule has 0 aromatic heterocycles. The predicted molar refractivity (Wildman–Crippen MR) is 87.5 cm³/mol. The standard InChI is InChI=1S/C19H20FNO3/c1-14(22)24-19-18(16-7-9-17(20)10-8-16)21(11-12-23-19)13-15-5-3-2-4-6-15/h2-10,18-19H,11-13H2,1H3. The fourth-order valence-corrected chi connectivity index (χ4v) is 2.97. The van der Waals surface area contributed by atoms with Crippen LogP contribution in [0.3, 0.4) is 0 Å². The molecule has 2 atom stereocenters. The molecule has 2 aromatic rings. The Morgan fingerprint density at radius 2 is 1.92 bits per heavy atom. The van der Waals surface area contributed by atoms with Gasteiger partial charge in [-0.2, -0.15) is 0 Å². The van der Waals surface area contributed by atoms with Crippen LogP contribution in [0.1, 0.15) is 24.1 Å². The van der Waals surface area contributed by atoms with Gasteiger partial charge in [-0.25, -0.2) is 4.39 Å². The second kappa shape index (κ2) is 7.55. The summed E-state index contributed by atoms with van der Waals surface area (Å²) >= 11 is 0. The first-order valence-electron chi connectivity index (χ1n) is 7.96. The van der Waals surface area contributed by atoms with Gasteiger partial charge in [-0.05, 0) is 23.3 Å². The van der Waals surface area contributed by atoms with E-state index >= 15 is 0 Å². The van der Waals surface area contributed by atoms with Crippen LogP contribution >= 0.6 is 0 Å². The maximum Gasteiger partial charge on any atom is 0.305 e. The first-order chi connectivity index (χ1) is 11.6. The Labute approximate surface area is 140 Å². The molecule has 24 heavy (non-hydrogen) atoms. The van der Waals surface area contributed by atoms with Crippen molar-refractivity contribution in [2.24, 2.45) is 0 Å². The van der Waals surface area contributed by atoms with Crippen molar-refractivity contribution in [3.63, 3.8) is 0 Å². The van der Waals surface area contributed by atoms with Gasteiger partial charge in [0.25, 0.3) is 0 Å². The van der Waals surface area contributed by atoms with Crippen LogP contribution < -0.4 is 0 Å². The fourth-order valence-electron chi connectivity index (χ4n) is 2.97. The highest BCUT2D eigenvalue weighted by Crippen LogP contribution is 2.32. The number of benzene rings is 2. The van der Waals surface area contributed by atoms with Crippen LogP contribution in [0, 0.1) is 5.82 Å². The summed E-state index contributed by atoms with van der Waals surface area (Å²) in [6.07, 6.45) is -0.703. The minimum absolute atomic E-state index is 0.275. The first kappa shape index (κ1) is 16.6. The summed E-state index contributed by atoms with van der Waals surface area (Å²) in [5, 5.41) is 0. The van der Waals surface area contributed by atoms with Gasteiger partial charge >= 0.3 is 5.97 Å². The smallest absolute Gasteiger partial charge is 0.305 e. The molecule has 1 aliphatic heterocycles. The second-order valence-electron chi connectivity index (χ2n) is 5.80. The van der Waals surface area contributed by atoms with Crippen molar-refractivity contribution in [3.05, 3.63) is 71.5 Å². The number of esters is 1. The molecular formula is C19H20FNO3. The average molecular weight is 329 g/mol. The molecule has 1 aliphatic rings. The summed E-state index contributed by atoms with van der Waals surface area (Å²) in [5.41, 5.74) is 2.02. The Morgan fingerprint density at radius 3 is 2.58 bits per heavy atom. The molecule has 0 spiro atoms.